The molecule has 100 valence electrons. The second-order valence-corrected chi connectivity index (χ2v) is 6.30. The monoisotopic (exact) mass is 276 g/mol. The summed E-state index contributed by atoms with van der Waals surface area (Å²) in [6.45, 7) is 0. The van der Waals surface area contributed by atoms with Crippen LogP contribution in [0.5, 0.6) is 0 Å². The van der Waals surface area contributed by atoms with Crippen molar-refractivity contribution in [3.63, 3.8) is 0 Å². The van der Waals surface area contributed by atoms with Crippen LogP contribution in [0, 0.1) is 0 Å². The Bertz CT molecular complexity index is 637. The number of hydrogen-bond acceptors (Lipinski definition) is 3. The van der Waals surface area contributed by atoms with Gasteiger partial charge in [-0.3, -0.25) is 4.31 Å². The Kier molecular flexibility index (Phi) is 3.76. The quantitative estimate of drug-likeness (QED) is 0.871. The van der Waals surface area contributed by atoms with Gasteiger partial charge in [0.05, 0.1) is 11.4 Å². The van der Waals surface area contributed by atoms with Crippen molar-refractivity contribution in [2.45, 2.75) is 5.75 Å². The van der Waals surface area contributed by atoms with Crippen molar-refractivity contribution in [1.82, 2.24) is 0 Å². The van der Waals surface area contributed by atoms with Crippen LogP contribution in [0.2, 0.25) is 0 Å². The second-order valence-electron chi connectivity index (χ2n) is 4.30. The summed E-state index contributed by atoms with van der Waals surface area (Å²) in [6.07, 6.45) is 0. The van der Waals surface area contributed by atoms with Gasteiger partial charge in [0.25, 0.3) is 0 Å². The largest absolute Gasteiger partial charge is 0.399 e. The first-order chi connectivity index (χ1) is 8.99. The second kappa shape index (κ2) is 5.32. The van der Waals surface area contributed by atoms with Crippen LogP contribution in [-0.2, 0) is 15.8 Å². The molecule has 0 radical (unpaired) electrons. The number of nitrogen functional groups attached to an aromatic ring is 1. The van der Waals surface area contributed by atoms with Gasteiger partial charge in [-0.15, -0.1) is 0 Å². The molecule has 0 aliphatic heterocycles. The van der Waals surface area contributed by atoms with Crippen LogP contribution in [-0.4, -0.2) is 15.5 Å². The summed E-state index contributed by atoms with van der Waals surface area (Å²) in [7, 11) is -1.84. The lowest BCUT2D eigenvalue weighted by Crippen LogP contribution is -2.27. The number of nitrogens with zero attached hydrogens (tertiary/aromatic N) is 1. The molecular formula is C14H16N2O2S. The summed E-state index contributed by atoms with van der Waals surface area (Å²) in [5.74, 6) is -0.0191. The number of nitrogens with two attached hydrogens (primary N) is 1. The Morgan fingerprint density at radius 1 is 1.00 bits per heavy atom. The zero-order valence-electron chi connectivity index (χ0n) is 10.7. The third kappa shape index (κ3) is 3.26. The molecule has 0 aliphatic carbocycles. The fourth-order valence-electron chi connectivity index (χ4n) is 1.73. The fraction of sp³-hybridized carbons (Fsp3) is 0.143. The number of rotatable bonds is 4. The van der Waals surface area contributed by atoms with E-state index in [0.717, 1.165) is 5.56 Å². The summed E-state index contributed by atoms with van der Waals surface area (Å²) in [6, 6.07) is 15.9. The maximum Gasteiger partial charge on any atom is 0.239 e. The van der Waals surface area contributed by atoms with Gasteiger partial charge >= 0.3 is 0 Å². The summed E-state index contributed by atoms with van der Waals surface area (Å²) < 4.78 is 25.8. The highest BCUT2D eigenvalue weighted by atomic mass is 32.2. The van der Waals surface area contributed by atoms with Crippen molar-refractivity contribution >= 4 is 21.4 Å². The van der Waals surface area contributed by atoms with Gasteiger partial charge in [-0.05, 0) is 29.8 Å². The van der Waals surface area contributed by atoms with E-state index in [0.29, 0.717) is 11.4 Å². The van der Waals surface area contributed by atoms with E-state index >= 15 is 0 Å². The predicted molar refractivity (Wildman–Crippen MR) is 78.3 cm³/mol. The Morgan fingerprint density at radius 2 is 1.58 bits per heavy atom. The van der Waals surface area contributed by atoms with E-state index in [4.69, 9.17) is 5.73 Å². The van der Waals surface area contributed by atoms with E-state index < -0.39 is 10.0 Å². The third-order valence-corrected chi connectivity index (χ3v) is 4.61. The Balaban J connectivity index is 2.22. The van der Waals surface area contributed by atoms with Gasteiger partial charge in [0.15, 0.2) is 0 Å². The van der Waals surface area contributed by atoms with Crippen molar-refractivity contribution < 1.29 is 8.42 Å². The molecule has 0 atom stereocenters. The Labute approximate surface area is 113 Å². The zero-order valence-corrected chi connectivity index (χ0v) is 11.5. The molecule has 0 saturated carbocycles. The highest BCUT2D eigenvalue weighted by Crippen LogP contribution is 2.20. The van der Waals surface area contributed by atoms with E-state index in [9.17, 15) is 8.42 Å². The minimum atomic E-state index is -3.39. The van der Waals surface area contributed by atoms with Gasteiger partial charge in [-0.1, -0.05) is 30.3 Å². The molecule has 0 unspecified atom stereocenters. The normalized spacial score (nSPS) is 11.2. The zero-order chi connectivity index (χ0) is 13.9. The first-order valence-electron chi connectivity index (χ1n) is 5.85. The molecule has 2 N–H and O–H groups in total. The van der Waals surface area contributed by atoms with E-state index in [1.807, 2.05) is 18.2 Å². The third-order valence-electron chi connectivity index (χ3n) is 2.87. The molecule has 19 heavy (non-hydrogen) atoms. The Morgan fingerprint density at radius 3 is 2.16 bits per heavy atom. The van der Waals surface area contributed by atoms with E-state index in [1.165, 1.54) is 4.31 Å². The van der Waals surface area contributed by atoms with E-state index in [1.54, 1.807) is 43.4 Å². The summed E-state index contributed by atoms with van der Waals surface area (Å²) in [5, 5.41) is 0. The average Bonchev–Trinajstić information content (AvgIpc) is 2.39. The van der Waals surface area contributed by atoms with Gasteiger partial charge in [-0.25, -0.2) is 8.42 Å². The molecule has 0 bridgehead atoms. The molecule has 2 rings (SSSR count). The molecule has 0 saturated heterocycles. The van der Waals surface area contributed by atoms with Crippen molar-refractivity contribution in [3.8, 4) is 0 Å². The molecule has 0 amide bonds. The molecule has 4 nitrogen and oxygen atoms in total. The maximum absolute atomic E-state index is 12.3. The van der Waals surface area contributed by atoms with E-state index in [2.05, 4.69) is 0 Å². The highest BCUT2D eigenvalue weighted by molar-refractivity contribution is 7.92. The lowest BCUT2D eigenvalue weighted by molar-refractivity contribution is 0.593. The topological polar surface area (TPSA) is 63.4 Å². The average molecular weight is 276 g/mol. The first kappa shape index (κ1) is 13.4. The van der Waals surface area contributed by atoms with Crippen LogP contribution < -0.4 is 10.0 Å². The molecule has 0 spiro atoms. The lowest BCUT2D eigenvalue weighted by Gasteiger charge is -2.19. The summed E-state index contributed by atoms with van der Waals surface area (Å²) in [5.41, 5.74) is 7.57. The lowest BCUT2D eigenvalue weighted by atomic mass is 10.2. The number of sulfonamides is 1. The standard InChI is InChI=1S/C14H16N2O2S/c1-16(14-9-7-13(15)8-10-14)19(17,18)11-12-5-3-2-4-6-12/h2-10H,11,15H2,1H3. The van der Waals surface area contributed by atoms with Gasteiger partial charge in [0, 0.05) is 12.7 Å². The summed E-state index contributed by atoms with van der Waals surface area (Å²) >= 11 is 0. The molecule has 0 aromatic heterocycles. The predicted octanol–water partition coefficient (Wildman–Crippen LogP) is 2.24. The van der Waals surface area contributed by atoms with E-state index in [-0.39, 0.29) is 5.75 Å². The maximum atomic E-state index is 12.3. The van der Waals surface area contributed by atoms with Gasteiger partial charge in [-0.2, -0.15) is 0 Å². The fourth-order valence-corrected chi connectivity index (χ4v) is 2.98. The number of hydrogen-bond donors (Lipinski definition) is 1. The van der Waals surface area contributed by atoms with Gasteiger partial charge in [0.2, 0.25) is 10.0 Å². The minimum absolute atomic E-state index is 0.0191. The first-order valence-corrected chi connectivity index (χ1v) is 7.46. The molecule has 2 aromatic carbocycles. The molecule has 0 aliphatic rings. The van der Waals surface area contributed by atoms with Crippen LogP contribution in [0.15, 0.2) is 54.6 Å². The minimum Gasteiger partial charge on any atom is -0.399 e. The van der Waals surface area contributed by atoms with Crippen molar-refractivity contribution in [3.05, 3.63) is 60.2 Å². The van der Waals surface area contributed by atoms with Crippen molar-refractivity contribution in [2.75, 3.05) is 17.1 Å². The summed E-state index contributed by atoms with van der Waals surface area (Å²) in [4.78, 5) is 0. The van der Waals surface area contributed by atoms with Crippen LogP contribution in [0.1, 0.15) is 5.56 Å². The van der Waals surface area contributed by atoms with Crippen LogP contribution in [0.3, 0.4) is 0 Å². The number of benzene rings is 2. The van der Waals surface area contributed by atoms with Crippen molar-refractivity contribution in [2.24, 2.45) is 0 Å². The van der Waals surface area contributed by atoms with Crippen LogP contribution in [0.4, 0.5) is 11.4 Å². The van der Waals surface area contributed by atoms with Crippen LogP contribution >= 0.6 is 0 Å². The number of anilines is 2. The molecule has 0 heterocycles. The SMILES string of the molecule is CN(c1ccc(N)cc1)S(=O)(=O)Cc1ccccc1. The molecule has 5 heteroatoms. The Hall–Kier alpha value is -2.01. The van der Waals surface area contributed by atoms with Gasteiger partial charge < -0.3 is 5.73 Å². The smallest absolute Gasteiger partial charge is 0.239 e. The van der Waals surface area contributed by atoms with Gasteiger partial charge in [0.1, 0.15) is 0 Å². The molecular weight excluding hydrogens is 260 g/mol. The van der Waals surface area contributed by atoms with Crippen LogP contribution in [0.25, 0.3) is 0 Å². The molecule has 0 fully saturated rings. The molecule has 2 aromatic rings. The van der Waals surface area contributed by atoms with Crippen molar-refractivity contribution in [1.29, 1.82) is 0 Å². The highest BCUT2D eigenvalue weighted by Gasteiger charge is 2.18.